The van der Waals surface area contributed by atoms with Crippen LogP contribution in [0.15, 0.2) is 91.0 Å². The third kappa shape index (κ3) is 5.44. The first-order valence-corrected chi connectivity index (χ1v) is 9.60. The summed E-state index contributed by atoms with van der Waals surface area (Å²) < 4.78 is 0. The SMILES string of the molecule is CCCC=O.c1ccc(P(c2ccccc2)c2ccccc2)cc1. The van der Waals surface area contributed by atoms with Gasteiger partial charge in [-0.05, 0) is 30.3 Å². The van der Waals surface area contributed by atoms with Crippen molar-refractivity contribution < 1.29 is 4.79 Å². The van der Waals surface area contributed by atoms with Crippen molar-refractivity contribution in [1.82, 2.24) is 0 Å². The Morgan fingerprint density at radius 3 is 1.21 bits per heavy atom. The number of carbonyl (C=O) groups is 1. The summed E-state index contributed by atoms with van der Waals surface area (Å²) in [5.41, 5.74) is 0. The Balaban J connectivity index is 0.000000368. The van der Waals surface area contributed by atoms with Gasteiger partial charge in [-0.15, -0.1) is 0 Å². The molecule has 1 nitrogen and oxygen atoms in total. The topological polar surface area (TPSA) is 17.1 Å². The van der Waals surface area contributed by atoms with Crippen molar-refractivity contribution >= 4 is 30.1 Å². The number of carbonyl (C=O) groups excluding carboxylic acids is 1. The molecular formula is C22H23OP. The first-order valence-electron chi connectivity index (χ1n) is 8.25. The van der Waals surface area contributed by atoms with Gasteiger partial charge in [0.1, 0.15) is 6.29 Å². The highest BCUT2D eigenvalue weighted by atomic mass is 31.1. The van der Waals surface area contributed by atoms with Gasteiger partial charge in [0.25, 0.3) is 0 Å². The second-order valence-corrected chi connectivity index (χ2v) is 7.52. The Morgan fingerprint density at radius 2 is 1.00 bits per heavy atom. The lowest BCUT2D eigenvalue weighted by atomic mass is 10.4. The molecule has 0 spiro atoms. The lowest BCUT2D eigenvalue weighted by Gasteiger charge is -2.18. The maximum absolute atomic E-state index is 9.40. The minimum atomic E-state index is -0.446. The maximum atomic E-state index is 9.40. The first kappa shape index (κ1) is 18.1. The minimum Gasteiger partial charge on any atom is -0.303 e. The van der Waals surface area contributed by atoms with Gasteiger partial charge in [-0.3, -0.25) is 0 Å². The van der Waals surface area contributed by atoms with Gasteiger partial charge in [0, 0.05) is 6.42 Å². The first-order chi connectivity index (χ1) is 11.9. The summed E-state index contributed by atoms with van der Waals surface area (Å²) in [4.78, 5) is 9.40. The molecule has 3 rings (SSSR count). The fourth-order valence-corrected chi connectivity index (χ4v) is 4.60. The molecule has 0 amide bonds. The average molecular weight is 334 g/mol. The normalized spacial score (nSPS) is 9.92. The second kappa shape index (κ2) is 10.5. The zero-order valence-corrected chi connectivity index (χ0v) is 14.9. The molecule has 0 saturated carbocycles. The second-order valence-electron chi connectivity index (χ2n) is 5.30. The fraction of sp³-hybridized carbons (Fsp3) is 0.136. The molecule has 0 bridgehead atoms. The van der Waals surface area contributed by atoms with Gasteiger partial charge in [0.15, 0.2) is 0 Å². The smallest absolute Gasteiger partial charge is 0.119 e. The van der Waals surface area contributed by atoms with Crippen molar-refractivity contribution in [2.45, 2.75) is 19.8 Å². The van der Waals surface area contributed by atoms with Crippen LogP contribution in [-0.2, 0) is 4.79 Å². The standard InChI is InChI=1S/C18H15P.C4H8O/c1-4-10-16(11-5-1)19(17-12-6-2-7-13-17)18-14-8-3-9-15-18;1-2-3-4-5/h1-15H;4H,2-3H2,1H3. The number of aldehydes is 1. The predicted octanol–water partition coefficient (Wildman–Crippen LogP) is 4.43. The third-order valence-electron chi connectivity index (χ3n) is 3.45. The number of hydrogen-bond acceptors (Lipinski definition) is 1. The molecule has 0 radical (unpaired) electrons. The molecule has 0 aliphatic carbocycles. The Bertz CT molecular complexity index is 602. The number of rotatable bonds is 5. The monoisotopic (exact) mass is 334 g/mol. The van der Waals surface area contributed by atoms with Crippen LogP contribution in [0.5, 0.6) is 0 Å². The largest absolute Gasteiger partial charge is 0.303 e. The summed E-state index contributed by atoms with van der Waals surface area (Å²) in [6.45, 7) is 1.98. The molecule has 0 unspecified atom stereocenters. The van der Waals surface area contributed by atoms with Gasteiger partial charge >= 0.3 is 0 Å². The van der Waals surface area contributed by atoms with Crippen molar-refractivity contribution in [3.63, 3.8) is 0 Å². The van der Waals surface area contributed by atoms with Gasteiger partial charge in [-0.25, -0.2) is 0 Å². The van der Waals surface area contributed by atoms with Gasteiger partial charge in [0.2, 0.25) is 0 Å². The van der Waals surface area contributed by atoms with Gasteiger partial charge < -0.3 is 4.79 Å². The van der Waals surface area contributed by atoms with E-state index < -0.39 is 7.92 Å². The van der Waals surface area contributed by atoms with Crippen molar-refractivity contribution in [2.75, 3.05) is 0 Å². The molecular weight excluding hydrogens is 311 g/mol. The van der Waals surface area contributed by atoms with E-state index in [1.807, 2.05) is 6.92 Å². The summed E-state index contributed by atoms with van der Waals surface area (Å²) >= 11 is 0. The van der Waals surface area contributed by atoms with Crippen molar-refractivity contribution in [3.05, 3.63) is 91.0 Å². The Kier molecular flexibility index (Phi) is 7.93. The van der Waals surface area contributed by atoms with E-state index in [9.17, 15) is 4.79 Å². The summed E-state index contributed by atoms with van der Waals surface area (Å²) in [7, 11) is -0.446. The van der Waals surface area contributed by atoms with Crippen LogP contribution in [0.25, 0.3) is 0 Å². The molecule has 0 aliphatic heterocycles. The maximum Gasteiger partial charge on any atom is 0.119 e. The number of hydrogen-bond donors (Lipinski definition) is 0. The average Bonchev–Trinajstić information content (AvgIpc) is 2.66. The molecule has 24 heavy (non-hydrogen) atoms. The van der Waals surface area contributed by atoms with E-state index >= 15 is 0 Å². The van der Waals surface area contributed by atoms with E-state index in [1.165, 1.54) is 15.9 Å². The highest BCUT2D eigenvalue weighted by Gasteiger charge is 2.14. The molecule has 0 aliphatic rings. The summed E-state index contributed by atoms with van der Waals surface area (Å²) in [5, 5.41) is 4.19. The highest BCUT2D eigenvalue weighted by molar-refractivity contribution is 7.79. The predicted molar refractivity (Wildman–Crippen MR) is 106 cm³/mol. The highest BCUT2D eigenvalue weighted by Crippen LogP contribution is 2.32. The van der Waals surface area contributed by atoms with E-state index in [0.717, 1.165) is 12.7 Å². The molecule has 0 heterocycles. The summed E-state index contributed by atoms with van der Waals surface area (Å²) in [6.07, 6.45) is 2.61. The van der Waals surface area contributed by atoms with Crippen molar-refractivity contribution in [2.24, 2.45) is 0 Å². The molecule has 0 fully saturated rings. The van der Waals surface area contributed by atoms with Crippen LogP contribution in [0, 0.1) is 0 Å². The van der Waals surface area contributed by atoms with Crippen molar-refractivity contribution in [3.8, 4) is 0 Å². The fourth-order valence-electron chi connectivity index (χ4n) is 2.30. The number of benzene rings is 3. The van der Waals surface area contributed by atoms with Crippen LogP contribution < -0.4 is 15.9 Å². The zero-order chi connectivity index (χ0) is 17.0. The third-order valence-corrected chi connectivity index (χ3v) is 5.89. The van der Waals surface area contributed by atoms with E-state index in [2.05, 4.69) is 91.0 Å². The molecule has 0 aromatic heterocycles. The van der Waals surface area contributed by atoms with E-state index in [-0.39, 0.29) is 0 Å². The molecule has 0 saturated heterocycles. The molecule has 3 aromatic rings. The number of unbranched alkanes of at least 4 members (excludes halogenated alkanes) is 1. The molecule has 0 N–H and O–H groups in total. The van der Waals surface area contributed by atoms with E-state index in [0.29, 0.717) is 6.42 Å². The summed E-state index contributed by atoms with van der Waals surface area (Å²) in [5.74, 6) is 0. The van der Waals surface area contributed by atoms with Crippen molar-refractivity contribution in [1.29, 1.82) is 0 Å². The zero-order valence-electron chi connectivity index (χ0n) is 14.0. The van der Waals surface area contributed by atoms with Crippen LogP contribution in [0.4, 0.5) is 0 Å². The molecule has 3 aromatic carbocycles. The van der Waals surface area contributed by atoms with E-state index in [4.69, 9.17) is 0 Å². The lowest BCUT2D eigenvalue weighted by Crippen LogP contribution is -2.20. The Labute approximate surface area is 146 Å². The van der Waals surface area contributed by atoms with Gasteiger partial charge in [-0.1, -0.05) is 97.9 Å². The van der Waals surface area contributed by atoms with Crippen LogP contribution in [-0.4, -0.2) is 6.29 Å². The van der Waals surface area contributed by atoms with E-state index in [1.54, 1.807) is 0 Å². The molecule has 2 heteroatoms. The lowest BCUT2D eigenvalue weighted by molar-refractivity contribution is -0.107. The summed E-state index contributed by atoms with van der Waals surface area (Å²) in [6, 6.07) is 32.3. The van der Waals surface area contributed by atoms with Gasteiger partial charge in [-0.2, -0.15) is 0 Å². The van der Waals surface area contributed by atoms with Crippen LogP contribution in [0.2, 0.25) is 0 Å². The quantitative estimate of drug-likeness (QED) is 0.498. The van der Waals surface area contributed by atoms with Crippen LogP contribution in [0.3, 0.4) is 0 Å². The van der Waals surface area contributed by atoms with Gasteiger partial charge in [0.05, 0.1) is 0 Å². The van der Waals surface area contributed by atoms with Crippen LogP contribution in [0.1, 0.15) is 19.8 Å². The Morgan fingerprint density at radius 1 is 0.667 bits per heavy atom. The Hall–Kier alpha value is -2.24. The molecule has 122 valence electrons. The molecule has 0 atom stereocenters. The minimum absolute atomic E-state index is 0.446. The van der Waals surface area contributed by atoms with Crippen LogP contribution >= 0.6 is 7.92 Å².